The van der Waals surface area contributed by atoms with Gasteiger partial charge in [-0.15, -0.1) is 0 Å². The molecular formula is C13H19ClFN3. The molecule has 0 amide bonds. The monoisotopic (exact) mass is 271 g/mol. The third-order valence-electron chi connectivity index (χ3n) is 3.43. The highest BCUT2D eigenvalue weighted by Crippen LogP contribution is 2.31. The first kappa shape index (κ1) is 13.4. The lowest BCUT2D eigenvalue weighted by molar-refractivity contribution is 0.337. The van der Waals surface area contributed by atoms with Crippen LogP contribution in [0.5, 0.6) is 0 Å². The minimum absolute atomic E-state index is 0.129. The predicted octanol–water partition coefficient (Wildman–Crippen LogP) is 2.59. The van der Waals surface area contributed by atoms with Gasteiger partial charge < -0.3 is 15.5 Å². The third kappa shape index (κ3) is 2.70. The molecule has 2 N–H and O–H groups in total. The Morgan fingerprint density at radius 3 is 2.83 bits per heavy atom. The van der Waals surface area contributed by atoms with E-state index >= 15 is 0 Å². The summed E-state index contributed by atoms with van der Waals surface area (Å²) >= 11 is 5.85. The van der Waals surface area contributed by atoms with Gasteiger partial charge in [0.15, 0.2) is 0 Å². The molecule has 0 aliphatic carbocycles. The molecule has 0 saturated carbocycles. The van der Waals surface area contributed by atoms with Crippen LogP contribution in [0.25, 0.3) is 0 Å². The Morgan fingerprint density at radius 2 is 2.11 bits per heavy atom. The van der Waals surface area contributed by atoms with Crippen LogP contribution >= 0.6 is 11.6 Å². The van der Waals surface area contributed by atoms with Crippen LogP contribution in [0.4, 0.5) is 15.8 Å². The maximum absolute atomic E-state index is 13.3. The van der Waals surface area contributed by atoms with Gasteiger partial charge in [0.2, 0.25) is 0 Å². The van der Waals surface area contributed by atoms with Crippen LogP contribution in [0.15, 0.2) is 12.1 Å². The summed E-state index contributed by atoms with van der Waals surface area (Å²) in [5.74, 6) is -0.461. The third-order valence-corrected chi connectivity index (χ3v) is 3.72. The zero-order chi connectivity index (χ0) is 13.3. The topological polar surface area (TPSA) is 32.5 Å². The number of halogens is 2. The van der Waals surface area contributed by atoms with Crippen molar-refractivity contribution in [2.24, 2.45) is 0 Å². The van der Waals surface area contributed by atoms with Gasteiger partial charge in [-0.25, -0.2) is 4.39 Å². The van der Waals surface area contributed by atoms with Crippen molar-refractivity contribution in [3.63, 3.8) is 0 Å². The van der Waals surface area contributed by atoms with Crippen molar-refractivity contribution >= 4 is 23.0 Å². The molecule has 18 heavy (non-hydrogen) atoms. The van der Waals surface area contributed by atoms with Gasteiger partial charge in [0.25, 0.3) is 0 Å². The van der Waals surface area contributed by atoms with Gasteiger partial charge in [0, 0.05) is 25.2 Å². The lowest BCUT2D eigenvalue weighted by Crippen LogP contribution is -2.38. The van der Waals surface area contributed by atoms with E-state index in [-0.39, 0.29) is 5.02 Å². The smallest absolute Gasteiger partial charge is 0.143 e. The number of likely N-dealkylation sites (N-methyl/N-ethyl adjacent to an activating group) is 1. The zero-order valence-corrected chi connectivity index (χ0v) is 11.5. The average molecular weight is 272 g/mol. The second kappa shape index (κ2) is 5.33. The fourth-order valence-corrected chi connectivity index (χ4v) is 2.69. The maximum atomic E-state index is 13.3. The summed E-state index contributed by atoms with van der Waals surface area (Å²) in [7, 11) is 2.11. The standard InChI is InChI=1S/C13H19ClFN3/c1-9-8-17(2)4-3-5-18(9)13-6-10(14)11(15)7-12(13)16/h6-7,9H,3-5,8,16H2,1-2H3. The summed E-state index contributed by atoms with van der Waals surface area (Å²) in [6.07, 6.45) is 1.06. The fourth-order valence-electron chi connectivity index (χ4n) is 2.53. The minimum atomic E-state index is -0.461. The molecule has 1 atom stereocenters. The Balaban J connectivity index is 2.32. The van der Waals surface area contributed by atoms with Crippen LogP contribution < -0.4 is 10.6 Å². The van der Waals surface area contributed by atoms with E-state index in [0.717, 1.165) is 31.7 Å². The van der Waals surface area contributed by atoms with Crippen molar-refractivity contribution in [1.29, 1.82) is 0 Å². The van der Waals surface area contributed by atoms with Crippen molar-refractivity contribution in [1.82, 2.24) is 4.90 Å². The van der Waals surface area contributed by atoms with E-state index in [1.54, 1.807) is 6.07 Å². The Morgan fingerprint density at radius 1 is 1.39 bits per heavy atom. The van der Waals surface area contributed by atoms with Crippen molar-refractivity contribution < 1.29 is 4.39 Å². The van der Waals surface area contributed by atoms with Crippen molar-refractivity contribution in [3.05, 3.63) is 23.0 Å². The number of nitrogens with zero attached hydrogens (tertiary/aromatic N) is 2. The van der Waals surface area contributed by atoms with E-state index in [4.69, 9.17) is 17.3 Å². The molecule has 1 aromatic rings. The first-order valence-electron chi connectivity index (χ1n) is 6.18. The van der Waals surface area contributed by atoms with Crippen LogP contribution in [0.3, 0.4) is 0 Å². The Kier molecular flexibility index (Phi) is 3.97. The normalized spacial score (nSPS) is 22.0. The van der Waals surface area contributed by atoms with E-state index in [9.17, 15) is 4.39 Å². The molecule has 1 aliphatic rings. The molecule has 0 bridgehead atoms. The quantitative estimate of drug-likeness (QED) is 0.797. The Hall–Kier alpha value is -1.00. The van der Waals surface area contributed by atoms with Gasteiger partial charge in [-0.3, -0.25) is 0 Å². The molecule has 1 aliphatic heterocycles. The number of hydrogen-bond acceptors (Lipinski definition) is 3. The lowest BCUT2D eigenvalue weighted by Gasteiger charge is -2.31. The minimum Gasteiger partial charge on any atom is -0.397 e. The van der Waals surface area contributed by atoms with Crippen molar-refractivity contribution in [2.45, 2.75) is 19.4 Å². The molecule has 5 heteroatoms. The average Bonchev–Trinajstić information content (AvgIpc) is 2.45. The van der Waals surface area contributed by atoms with Gasteiger partial charge in [0.05, 0.1) is 16.4 Å². The van der Waals surface area contributed by atoms with Crippen LogP contribution in [0, 0.1) is 5.82 Å². The van der Waals surface area contributed by atoms with E-state index in [1.807, 2.05) is 0 Å². The predicted molar refractivity (Wildman–Crippen MR) is 74.7 cm³/mol. The van der Waals surface area contributed by atoms with Crippen LogP contribution in [0.2, 0.25) is 5.02 Å². The van der Waals surface area contributed by atoms with Gasteiger partial charge >= 0.3 is 0 Å². The number of rotatable bonds is 1. The summed E-state index contributed by atoms with van der Waals surface area (Å²) in [4.78, 5) is 4.51. The first-order valence-corrected chi connectivity index (χ1v) is 6.56. The van der Waals surface area contributed by atoms with E-state index < -0.39 is 5.82 Å². The lowest BCUT2D eigenvalue weighted by atomic mass is 10.2. The summed E-state index contributed by atoms with van der Waals surface area (Å²) in [5.41, 5.74) is 7.20. The summed E-state index contributed by atoms with van der Waals surface area (Å²) in [6.45, 7) is 5.10. The molecule has 1 heterocycles. The van der Waals surface area contributed by atoms with Gasteiger partial charge in [-0.05, 0) is 33.0 Å². The fraction of sp³-hybridized carbons (Fsp3) is 0.538. The molecule has 2 rings (SSSR count). The second-order valence-corrected chi connectivity index (χ2v) is 5.39. The number of nitrogens with two attached hydrogens (primary N) is 1. The zero-order valence-electron chi connectivity index (χ0n) is 10.8. The number of benzene rings is 1. The van der Waals surface area contributed by atoms with Crippen LogP contribution in [-0.4, -0.2) is 37.6 Å². The molecule has 100 valence electrons. The van der Waals surface area contributed by atoms with Crippen molar-refractivity contribution in [2.75, 3.05) is 37.3 Å². The summed E-state index contributed by atoms with van der Waals surface area (Å²) < 4.78 is 13.3. The van der Waals surface area contributed by atoms with E-state index in [2.05, 4.69) is 23.8 Å². The Bertz CT molecular complexity index is 438. The molecule has 0 aromatic heterocycles. The number of anilines is 2. The molecule has 1 aromatic carbocycles. The molecule has 0 spiro atoms. The van der Waals surface area contributed by atoms with E-state index in [0.29, 0.717) is 11.7 Å². The molecule has 0 radical (unpaired) electrons. The summed E-state index contributed by atoms with van der Waals surface area (Å²) in [5, 5.41) is 0.129. The second-order valence-electron chi connectivity index (χ2n) is 4.98. The van der Waals surface area contributed by atoms with E-state index in [1.165, 1.54) is 6.07 Å². The highest BCUT2D eigenvalue weighted by atomic mass is 35.5. The molecule has 1 fully saturated rings. The largest absolute Gasteiger partial charge is 0.397 e. The number of nitrogen functional groups attached to an aromatic ring is 1. The molecular weight excluding hydrogens is 253 g/mol. The Labute approximate surface area is 112 Å². The molecule has 3 nitrogen and oxygen atoms in total. The maximum Gasteiger partial charge on any atom is 0.143 e. The number of hydrogen-bond donors (Lipinski definition) is 1. The van der Waals surface area contributed by atoms with Crippen LogP contribution in [0.1, 0.15) is 13.3 Å². The first-order chi connectivity index (χ1) is 8.49. The molecule has 1 saturated heterocycles. The van der Waals surface area contributed by atoms with Gasteiger partial charge in [-0.2, -0.15) is 0 Å². The molecule has 1 unspecified atom stereocenters. The SMILES string of the molecule is CC1CN(C)CCCN1c1cc(Cl)c(F)cc1N. The van der Waals surface area contributed by atoms with Gasteiger partial charge in [-0.1, -0.05) is 11.6 Å². The van der Waals surface area contributed by atoms with Gasteiger partial charge in [0.1, 0.15) is 5.82 Å². The van der Waals surface area contributed by atoms with Crippen molar-refractivity contribution in [3.8, 4) is 0 Å². The van der Waals surface area contributed by atoms with Crippen LogP contribution in [-0.2, 0) is 0 Å². The summed E-state index contributed by atoms with van der Waals surface area (Å²) in [6, 6.07) is 3.27. The highest BCUT2D eigenvalue weighted by molar-refractivity contribution is 6.31. The highest BCUT2D eigenvalue weighted by Gasteiger charge is 2.22.